The van der Waals surface area contributed by atoms with E-state index >= 15 is 0 Å². The summed E-state index contributed by atoms with van der Waals surface area (Å²) in [5.41, 5.74) is 1.27. The molecule has 2 N–H and O–H groups in total. The van der Waals surface area contributed by atoms with Crippen LogP contribution in [0.2, 0.25) is 0 Å². The number of rotatable bonds is 0. The van der Waals surface area contributed by atoms with Crippen LogP contribution >= 0.6 is 0 Å². The van der Waals surface area contributed by atoms with Crippen molar-refractivity contribution < 1.29 is 34.1 Å². The first-order valence-corrected chi connectivity index (χ1v) is 6.05. The minimum atomic E-state index is -3.58. The van der Waals surface area contributed by atoms with Crippen LogP contribution in [0.4, 0.5) is 0 Å². The normalized spacial score (nSPS) is 11.9. The van der Waals surface area contributed by atoms with Gasteiger partial charge in [-0.25, -0.2) is 0 Å². The van der Waals surface area contributed by atoms with Crippen molar-refractivity contribution in [3.05, 3.63) is 42.2 Å². The maximum atomic E-state index is 8.81. The quantitative estimate of drug-likeness (QED) is 0.650. The predicted molar refractivity (Wildman–Crippen MR) is 45.0 cm³/mol. The Bertz CT molecular complexity index is 317. The summed E-state index contributed by atoms with van der Waals surface area (Å²) >= 11 is -3.58. The monoisotopic (exact) mass is 230 g/mol. The van der Waals surface area contributed by atoms with E-state index < -0.39 is 18.6 Å². The van der Waals surface area contributed by atoms with Gasteiger partial charge in [0.1, 0.15) is 5.75 Å². The molecule has 0 spiro atoms. The molecule has 0 bridgehead atoms. The van der Waals surface area contributed by atoms with Crippen molar-refractivity contribution in [1.82, 2.24) is 0 Å². The van der Waals surface area contributed by atoms with Crippen LogP contribution in [0.1, 0.15) is 5.56 Å². The Morgan fingerprint density at radius 2 is 1.93 bits per heavy atom. The van der Waals surface area contributed by atoms with E-state index in [9.17, 15) is 0 Å². The molecule has 1 aromatic carbocycles. The Morgan fingerprint density at radius 1 is 1.29 bits per heavy atom. The van der Waals surface area contributed by atoms with Crippen molar-refractivity contribution in [1.29, 1.82) is 0 Å². The Kier molecular flexibility index (Phi) is 4.69. The standard InChI is InChI=1S/C9H8O.2H2O.O.Ti/c1-2-6-9-8(4-1)5-3-7-10-9;;;;/h1-4,6-7H,5H2;2*1H2;;/q;;;;+2/p-2. The molecule has 14 heavy (non-hydrogen) atoms. The average Bonchev–Trinajstić information content (AvgIpc) is 2.17. The van der Waals surface area contributed by atoms with Crippen molar-refractivity contribution in [2.45, 2.75) is 6.42 Å². The number of fused-ring (bicyclic) bond motifs is 1. The molecule has 1 heterocycles. The first-order valence-electron chi connectivity index (χ1n) is 4.01. The van der Waals surface area contributed by atoms with Crippen molar-refractivity contribution in [3.8, 4) is 5.75 Å². The summed E-state index contributed by atoms with van der Waals surface area (Å²) in [5.74, 6) is 0.991. The number of allylic oxidation sites excluding steroid dienone is 1. The molecule has 1 aliphatic rings. The molecular formula is C9H10O4Ti. The zero-order valence-electron chi connectivity index (χ0n) is 7.38. The summed E-state index contributed by atoms with van der Waals surface area (Å²) in [6.07, 6.45) is 4.75. The molecule has 1 aliphatic heterocycles. The fourth-order valence-corrected chi connectivity index (χ4v) is 1.08. The molecule has 0 saturated carbocycles. The third-order valence-corrected chi connectivity index (χ3v) is 1.60. The van der Waals surface area contributed by atoms with Crippen molar-refractivity contribution in [2.24, 2.45) is 0 Å². The van der Waals surface area contributed by atoms with Gasteiger partial charge in [0.05, 0.1) is 6.26 Å². The van der Waals surface area contributed by atoms with E-state index in [0.717, 1.165) is 12.2 Å². The summed E-state index contributed by atoms with van der Waals surface area (Å²) in [6.45, 7) is 0. The van der Waals surface area contributed by atoms with Gasteiger partial charge in [-0.05, 0) is 24.1 Å². The molecule has 74 valence electrons. The second kappa shape index (κ2) is 5.83. The first-order chi connectivity index (χ1) is 6.70. The molecule has 0 saturated heterocycles. The SMILES string of the molecule is C1=COc2ccccc2C1.[O]=[Ti]([OH])[OH]. The van der Waals surface area contributed by atoms with Gasteiger partial charge in [-0.15, -0.1) is 0 Å². The summed E-state index contributed by atoms with van der Waals surface area (Å²) in [5, 5.41) is 0. The molecule has 4 nitrogen and oxygen atoms in total. The van der Waals surface area contributed by atoms with E-state index in [0.29, 0.717) is 0 Å². The van der Waals surface area contributed by atoms with E-state index in [4.69, 9.17) is 15.4 Å². The first kappa shape index (κ1) is 11.3. The number of benzene rings is 1. The van der Waals surface area contributed by atoms with Crippen molar-refractivity contribution >= 4 is 0 Å². The molecule has 0 unspecified atom stereocenters. The molecule has 2 rings (SSSR count). The summed E-state index contributed by atoms with van der Waals surface area (Å²) in [4.78, 5) is 0. The fraction of sp³-hybridized carbons (Fsp3) is 0.111. The van der Waals surface area contributed by atoms with Gasteiger partial charge >= 0.3 is 29.3 Å². The van der Waals surface area contributed by atoms with Crippen LogP contribution in [0.5, 0.6) is 5.75 Å². The van der Waals surface area contributed by atoms with Gasteiger partial charge in [0.25, 0.3) is 0 Å². The van der Waals surface area contributed by atoms with Crippen molar-refractivity contribution in [2.75, 3.05) is 0 Å². The van der Waals surface area contributed by atoms with Crippen LogP contribution < -0.4 is 4.74 Å². The molecule has 0 amide bonds. The maximum absolute atomic E-state index is 8.81. The van der Waals surface area contributed by atoms with E-state index in [-0.39, 0.29) is 0 Å². The zero-order valence-corrected chi connectivity index (χ0v) is 8.94. The minimum absolute atomic E-state index is 0.991. The molecule has 0 atom stereocenters. The second-order valence-corrected chi connectivity index (χ2v) is 3.47. The molecule has 0 aromatic heterocycles. The van der Waals surface area contributed by atoms with E-state index in [1.54, 1.807) is 6.26 Å². The predicted octanol–water partition coefficient (Wildman–Crippen LogP) is 0.900. The Hall–Kier alpha value is -0.806. The topological polar surface area (TPSA) is 66.8 Å². The summed E-state index contributed by atoms with van der Waals surface area (Å²) in [6, 6.07) is 8.08. The molecular weight excluding hydrogens is 220 g/mol. The van der Waals surface area contributed by atoms with E-state index in [1.807, 2.05) is 24.3 Å². The number of hydrogen-bond donors (Lipinski definition) is 2. The van der Waals surface area contributed by atoms with Gasteiger partial charge in [-0.2, -0.15) is 0 Å². The summed E-state index contributed by atoms with van der Waals surface area (Å²) < 4.78 is 28.5. The van der Waals surface area contributed by atoms with Gasteiger partial charge < -0.3 is 4.74 Å². The van der Waals surface area contributed by atoms with Crippen LogP contribution in [0.15, 0.2) is 36.6 Å². The molecule has 0 fully saturated rings. The second-order valence-electron chi connectivity index (χ2n) is 2.58. The van der Waals surface area contributed by atoms with Crippen LogP contribution in [0.3, 0.4) is 0 Å². The van der Waals surface area contributed by atoms with Gasteiger partial charge in [0.2, 0.25) is 0 Å². The molecule has 1 aromatic rings. The van der Waals surface area contributed by atoms with E-state index in [2.05, 4.69) is 6.07 Å². The fourth-order valence-electron chi connectivity index (χ4n) is 1.08. The van der Waals surface area contributed by atoms with Gasteiger partial charge in [0, 0.05) is 0 Å². The van der Waals surface area contributed by atoms with E-state index in [1.165, 1.54) is 5.56 Å². The third kappa shape index (κ3) is 3.93. The number of para-hydroxylation sites is 1. The van der Waals surface area contributed by atoms with Crippen LogP contribution in [0, 0.1) is 0 Å². The average molecular weight is 230 g/mol. The molecule has 5 heteroatoms. The number of ether oxygens (including phenoxy) is 1. The van der Waals surface area contributed by atoms with Crippen LogP contribution in [0.25, 0.3) is 0 Å². The van der Waals surface area contributed by atoms with Crippen LogP contribution in [-0.4, -0.2) is 7.38 Å². The number of hydrogen-bond acceptors (Lipinski definition) is 2. The third-order valence-electron chi connectivity index (χ3n) is 1.60. The van der Waals surface area contributed by atoms with Gasteiger partial charge in [-0.1, -0.05) is 18.2 Å². The van der Waals surface area contributed by atoms with Crippen LogP contribution in [-0.2, 0) is 28.4 Å². The van der Waals surface area contributed by atoms with Gasteiger partial charge in [0.15, 0.2) is 0 Å². The Morgan fingerprint density at radius 3 is 2.57 bits per heavy atom. The zero-order chi connectivity index (χ0) is 10.4. The molecule has 0 aliphatic carbocycles. The Balaban J connectivity index is 0.000000213. The summed E-state index contributed by atoms with van der Waals surface area (Å²) in [7, 11) is 0. The van der Waals surface area contributed by atoms with Crippen molar-refractivity contribution in [3.63, 3.8) is 0 Å². The Labute approximate surface area is 88.6 Å². The molecule has 0 radical (unpaired) electrons. The van der Waals surface area contributed by atoms with Gasteiger partial charge in [-0.3, -0.25) is 0 Å².